The van der Waals surface area contributed by atoms with Crippen LogP contribution in [-0.4, -0.2) is 56.8 Å². The van der Waals surface area contributed by atoms with Crippen molar-refractivity contribution < 1.29 is 4.79 Å². The van der Waals surface area contributed by atoms with E-state index in [1.165, 1.54) is 11.8 Å². The number of benzene rings is 2. The second-order valence-electron chi connectivity index (χ2n) is 7.76. The molecular weight excluding hydrogens is 444 g/mol. The summed E-state index contributed by atoms with van der Waals surface area (Å²) in [6.45, 7) is 2.50. The van der Waals surface area contributed by atoms with E-state index in [1.54, 1.807) is 5.01 Å². The highest BCUT2D eigenvalue weighted by Gasteiger charge is 2.25. The third-order valence-corrected chi connectivity index (χ3v) is 6.74. The maximum atomic E-state index is 12.9. The lowest BCUT2D eigenvalue weighted by Crippen LogP contribution is -2.25. The van der Waals surface area contributed by atoms with Crippen LogP contribution in [-0.2, 0) is 4.79 Å². The number of carbonyl (C=O) groups excluding carboxylic acids is 1. The van der Waals surface area contributed by atoms with Crippen LogP contribution in [0.4, 0.5) is 5.95 Å². The molecule has 1 fully saturated rings. The van der Waals surface area contributed by atoms with E-state index in [2.05, 4.69) is 20.2 Å². The minimum absolute atomic E-state index is 0.0377. The first kappa shape index (κ1) is 21.0. The van der Waals surface area contributed by atoms with Crippen LogP contribution >= 0.6 is 23.4 Å². The lowest BCUT2D eigenvalue weighted by atomic mass is 10.1. The molecule has 0 saturated carbocycles. The van der Waals surface area contributed by atoms with Crippen molar-refractivity contribution in [2.24, 2.45) is 5.10 Å². The largest absolute Gasteiger partial charge is 0.341 e. The molecule has 1 amide bonds. The van der Waals surface area contributed by atoms with Gasteiger partial charge in [-0.2, -0.15) is 5.10 Å². The van der Waals surface area contributed by atoms with Gasteiger partial charge in [-0.3, -0.25) is 9.36 Å². The SMILES string of the molecule is O=C(CSc1nnc(N2CCCC2)n1-c1cccc(Cl)c1)N1CCC(c2ccccc2)=N1. The monoisotopic (exact) mass is 466 g/mol. The number of hydrogen-bond acceptors (Lipinski definition) is 6. The van der Waals surface area contributed by atoms with E-state index in [0.29, 0.717) is 16.7 Å². The minimum Gasteiger partial charge on any atom is -0.341 e. The van der Waals surface area contributed by atoms with E-state index >= 15 is 0 Å². The molecule has 0 spiro atoms. The molecule has 2 aromatic carbocycles. The zero-order chi connectivity index (χ0) is 21.9. The predicted molar refractivity (Wildman–Crippen MR) is 128 cm³/mol. The van der Waals surface area contributed by atoms with Crippen LogP contribution in [0.25, 0.3) is 5.69 Å². The molecule has 0 N–H and O–H groups in total. The molecule has 2 aliphatic rings. The summed E-state index contributed by atoms with van der Waals surface area (Å²) in [4.78, 5) is 15.1. The van der Waals surface area contributed by atoms with Gasteiger partial charge in [0.2, 0.25) is 5.95 Å². The van der Waals surface area contributed by atoms with Crippen molar-refractivity contribution in [3.63, 3.8) is 0 Å². The average Bonchev–Trinajstić information content (AvgIpc) is 3.58. The molecule has 0 unspecified atom stereocenters. The summed E-state index contributed by atoms with van der Waals surface area (Å²) in [5.74, 6) is 0.999. The van der Waals surface area contributed by atoms with Crippen molar-refractivity contribution >= 4 is 40.9 Å². The van der Waals surface area contributed by atoms with Crippen LogP contribution in [0.2, 0.25) is 5.02 Å². The predicted octanol–water partition coefficient (Wildman–Crippen LogP) is 4.25. The Morgan fingerprint density at radius 1 is 1.00 bits per heavy atom. The summed E-state index contributed by atoms with van der Waals surface area (Å²) in [7, 11) is 0. The number of hydrogen-bond donors (Lipinski definition) is 0. The van der Waals surface area contributed by atoms with Crippen molar-refractivity contribution in [1.82, 2.24) is 19.8 Å². The van der Waals surface area contributed by atoms with Crippen molar-refractivity contribution in [2.75, 3.05) is 30.3 Å². The van der Waals surface area contributed by atoms with E-state index in [9.17, 15) is 4.79 Å². The fraction of sp³-hybridized carbons (Fsp3) is 0.304. The summed E-state index contributed by atoms with van der Waals surface area (Å²) in [5, 5.41) is 16.3. The second-order valence-corrected chi connectivity index (χ2v) is 9.14. The van der Waals surface area contributed by atoms with Crippen LogP contribution in [0.3, 0.4) is 0 Å². The van der Waals surface area contributed by atoms with Gasteiger partial charge in [-0.25, -0.2) is 5.01 Å². The first-order chi connectivity index (χ1) is 15.7. The van der Waals surface area contributed by atoms with Gasteiger partial charge in [0.25, 0.3) is 5.91 Å². The number of nitrogens with zero attached hydrogens (tertiary/aromatic N) is 6. The average molecular weight is 467 g/mol. The molecule has 0 bridgehead atoms. The highest BCUT2D eigenvalue weighted by molar-refractivity contribution is 7.99. The van der Waals surface area contributed by atoms with E-state index < -0.39 is 0 Å². The molecule has 9 heteroatoms. The third-order valence-electron chi connectivity index (χ3n) is 5.59. The number of thioether (sulfide) groups is 1. The number of hydrazone groups is 1. The molecule has 5 rings (SSSR count). The Hall–Kier alpha value is -2.84. The Balaban J connectivity index is 1.34. The zero-order valence-corrected chi connectivity index (χ0v) is 19.1. The molecule has 3 aromatic rings. The maximum Gasteiger partial charge on any atom is 0.253 e. The van der Waals surface area contributed by atoms with Crippen molar-refractivity contribution in [3.05, 3.63) is 65.2 Å². The van der Waals surface area contributed by atoms with Gasteiger partial charge in [-0.05, 0) is 36.6 Å². The summed E-state index contributed by atoms with van der Waals surface area (Å²) >= 11 is 7.63. The van der Waals surface area contributed by atoms with Crippen LogP contribution in [0.5, 0.6) is 0 Å². The molecule has 2 aliphatic heterocycles. The standard InChI is InChI=1S/C23H23ClN6OS/c24-18-9-6-10-19(15-18)30-22(28-12-4-5-13-28)25-26-23(30)32-16-21(31)29-14-11-20(27-29)17-7-2-1-3-8-17/h1-3,6-10,15H,4-5,11-14,16H2. The number of aromatic nitrogens is 3. The molecule has 1 aromatic heterocycles. The molecule has 164 valence electrons. The van der Waals surface area contributed by atoms with Gasteiger partial charge in [-0.15, -0.1) is 10.2 Å². The lowest BCUT2D eigenvalue weighted by molar-refractivity contribution is -0.127. The summed E-state index contributed by atoms with van der Waals surface area (Å²) in [6, 6.07) is 17.6. The van der Waals surface area contributed by atoms with Crippen LogP contribution in [0.1, 0.15) is 24.8 Å². The molecule has 32 heavy (non-hydrogen) atoms. The van der Waals surface area contributed by atoms with E-state index in [4.69, 9.17) is 11.6 Å². The summed E-state index contributed by atoms with van der Waals surface area (Å²) in [6.07, 6.45) is 3.04. The van der Waals surface area contributed by atoms with E-state index in [1.807, 2.05) is 59.2 Å². The van der Waals surface area contributed by atoms with Crippen molar-refractivity contribution in [3.8, 4) is 5.69 Å². The van der Waals surface area contributed by atoms with E-state index in [0.717, 1.165) is 55.3 Å². The number of rotatable bonds is 6. The quantitative estimate of drug-likeness (QED) is 0.508. The number of anilines is 1. The molecule has 0 radical (unpaired) electrons. The highest BCUT2D eigenvalue weighted by atomic mass is 35.5. The second kappa shape index (κ2) is 9.34. The maximum absolute atomic E-state index is 12.9. The Labute approximate surface area is 196 Å². The van der Waals surface area contributed by atoms with Gasteiger partial charge < -0.3 is 4.90 Å². The van der Waals surface area contributed by atoms with Gasteiger partial charge in [0.15, 0.2) is 5.16 Å². The fourth-order valence-electron chi connectivity index (χ4n) is 3.99. The zero-order valence-electron chi connectivity index (χ0n) is 17.5. The number of halogens is 1. The van der Waals surface area contributed by atoms with Crippen LogP contribution in [0, 0.1) is 0 Å². The third kappa shape index (κ3) is 4.38. The Morgan fingerprint density at radius 2 is 1.81 bits per heavy atom. The lowest BCUT2D eigenvalue weighted by Gasteiger charge is -2.18. The topological polar surface area (TPSA) is 66.6 Å². The van der Waals surface area contributed by atoms with Gasteiger partial charge in [0.1, 0.15) is 0 Å². The Bertz CT molecular complexity index is 1140. The van der Waals surface area contributed by atoms with Crippen LogP contribution in [0.15, 0.2) is 64.9 Å². The normalized spacial score (nSPS) is 16.0. The molecule has 1 saturated heterocycles. The minimum atomic E-state index is -0.0377. The van der Waals surface area contributed by atoms with Crippen molar-refractivity contribution in [1.29, 1.82) is 0 Å². The molecule has 0 aliphatic carbocycles. The molecule has 7 nitrogen and oxygen atoms in total. The van der Waals surface area contributed by atoms with Gasteiger partial charge in [-0.1, -0.05) is 59.8 Å². The Kier molecular flexibility index (Phi) is 6.14. The Morgan fingerprint density at radius 3 is 2.59 bits per heavy atom. The van der Waals surface area contributed by atoms with Crippen LogP contribution < -0.4 is 4.90 Å². The van der Waals surface area contributed by atoms with Crippen molar-refractivity contribution in [2.45, 2.75) is 24.4 Å². The van der Waals surface area contributed by atoms with Gasteiger partial charge in [0.05, 0.1) is 23.7 Å². The number of amides is 1. The summed E-state index contributed by atoms with van der Waals surface area (Å²) < 4.78 is 2.00. The highest BCUT2D eigenvalue weighted by Crippen LogP contribution is 2.30. The first-order valence-electron chi connectivity index (χ1n) is 10.7. The van der Waals surface area contributed by atoms with E-state index in [-0.39, 0.29) is 11.7 Å². The first-order valence-corrected chi connectivity index (χ1v) is 12.1. The molecule has 3 heterocycles. The fourth-order valence-corrected chi connectivity index (χ4v) is 4.99. The molecule has 0 atom stereocenters. The number of carbonyl (C=O) groups is 1. The molecular formula is C23H23ClN6OS. The summed E-state index contributed by atoms with van der Waals surface area (Å²) in [5.41, 5.74) is 2.90. The van der Waals surface area contributed by atoms with Gasteiger partial charge >= 0.3 is 0 Å². The van der Waals surface area contributed by atoms with Gasteiger partial charge in [0, 0.05) is 24.5 Å². The smallest absolute Gasteiger partial charge is 0.253 e.